The smallest absolute Gasteiger partial charge is 0.320 e. The lowest BCUT2D eigenvalue weighted by atomic mass is 10.2. The highest BCUT2D eigenvalue weighted by atomic mass is 16.4. The predicted octanol–water partition coefficient (Wildman–Crippen LogP) is 0.721. The summed E-state index contributed by atoms with van der Waals surface area (Å²) in [6.07, 6.45) is 3.52. The Morgan fingerprint density at radius 1 is 1.82 bits per heavy atom. The molecule has 0 aliphatic carbocycles. The quantitative estimate of drug-likeness (QED) is 0.610. The number of carbonyl (C=O) groups is 1. The van der Waals surface area contributed by atoms with E-state index in [1.807, 2.05) is 4.90 Å². The average Bonchev–Trinajstić information content (AvgIpc) is 2.36. The Balaban J connectivity index is 2.50. The van der Waals surface area contributed by atoms with Gasteiger partial charge in [-0.3, -0.25) is 9.69 Å². The van der Waals surface area contributed by atoms with E-state index in [1.54, 1.807) is 6.08 Å². The third-order valence-corrected chi connectivity index (χ3v) is 2.01. The minimum Gasteiger partial charge on any atom is -0.480 e. The van der Waals surface area contributed by atoms with Crippen LogP contribution in [0.1, 0.15) is 12.8 Å². The highest BCUT2D eigenvalue weighted by molar-refractivity contribution is 5.73. The average molecular weight is 155 g/mol. The Kier molecular flexibility index (Phi) is 2.65. The molecule has 1 atom stereocenters. The first-order chi connectivity index (χ1) is 5.25. The van der Waals surface area contributed by atoms with Gasteiger partial charge in [0, 0.05) is 6.54 Å². The second-order valence-electron chi connectivity index (χ2n) is 2.78. The maximum Gasteiger partial charge on any atom is 0.320 e. The van der Waals surface area contributed by atoms with Crippen molar-refractivity contribution in [1.82, 2.24) is 4.90 Å². The van der Waals surface area contributed by atoms with Crippen LogP contribution in [0.3, 0.4) is 0 Å². The first-order valence-electron chi connectivity index (χ1n) is 3.83. The number of carboxylic acids is 1. The van der Waals surface area contributed by atoms with Crippen molar-refractivity contribution >= 4 is 5.97 Å². The number of aliphatic carboxylic acids is 1. The van der Waals surface area contributed by atoms with Gasteiger partial charge in [-0.1, -0.05) is 6.08 Å². The number of nitrogens with zero attached hydrogens (tertiary/aromatic N) is 1. The number of hydrogen-bond acceptors (Lipinski definition) is 2. The summed E-state index contributed by atoms with van der Waals surface area (Å²) in [7, 11) is 0. The van der Waals surface area contributed by atoms with Crippen LogP contribution in [0.25, 0.3) is 0 Å². The van der Waals surface area contributed by atoms with Gasteiger partial charge in [0.2, 0.25) is 0 Å². The van der Waals surface area contributed by atoms with Crippen molar-refractivity contribution in [1.29, 1.82) is 0 Å². The summed E-state index contributed by atoms with van der Waals surface area (Å²) in [4.78, 5) is 12.6. The molecule has 1 aliphatic rings. The van der Waals surface area contributed by atoms with E-state index in [-0.39, 0.29) is 6.04 Å². The molecule has 0 saturated carbocycles. The van der Waals surface area contributed by atoms with Gasteiger partial charge < -0.3 is 5.11 Å². The van der Waals surface area contributed by atoms with Crippen molar-refractivity contribution < 1.29 is 9.90 Å². The van der Waals surface area contributed by atoms with E-state index in [2.05, 4.69) is 6.58 Å². The molecule has 3 nitrogen and oxygen atoms in total. The van der Waals surface area contributed by atoms with E-state index in [0.717, 1.165) is 19.4 Å². The number of hydrogen-bond donors (Lipinski definition) is 1. The van der Waals surface area contributed by atoms with Gasteiger partial charge in [0.05, 0.1) is 0 Å². The molecule has 1 fully saturated rings. The Bertz CT molecular complexity index is 167. The third kappa shape index (κ3) is 1.80. The van der Waals surface area contributed by atoms with Crippen LogP contribution in [0, 0.1) is 0 Å². The molecular formula is C8H13NO2. The molecule has 0 amide bonds. The van der Waals surface area contributed by atoms with Crippen LogP contribution in [0.15, 0.2) is 12.7 Å². The molecule has 0 aromatic heterocycles. The highest BCUT2D eigenvalue weighted by Crippen LogP contribution is 2.16. The van der Waals surface area contributed by atoms with Crippen molar-refractivity contribution in [3.05, 3.63) is 12.7 Å². The summed E-state index contributed by atoms with van der Waals surface area (Å²) in [5, 5.41) is 8.73. The molecule has 0 aromatic rings. The third-order valence-electron chi connectivity index (χ3n) is 2.01. The maximum atomic E-state index is 10.6. The minimum atomic E-state index is -0.704. The number of likely N-dealkylation sites (tertiary alicyclic amines) is 1. The van der Waals surface area contributed by atoms with E-state index in [4.69, 9.17) is 5.11 Å². The lowest BCUT2D eigenvalue weighted by molar-refractivity contribution is -0.141. The van der Waals surface area contributed by atoms with Gasteiger partial charge in [-0.15, -0.1) is 6.58 Å². The van der Waals surface area contributed by atoms with E-state index in [9.17, 15) is 4.79 Å². The molecule has 62 valence electrons. The van der Waals surface area contributed by atoms with Gasteiger partial charge in [-0.2, -0.15) is 0 Å². The van der Waals surface area contributed by atoms with E-state index >= 15 is 0 Å². The molecule has 11 heavy (non-hydrogen) atoms. The zero-order chi connectivity index (χ0) is 8.27. The van der Waals surface area contributed by atoms with Crippen molar-refractivity contribution in [3.63, 3.8) is 0 Å². The van der Waals surface area contributed by atoms with Gasteiger partial charge in [0.1, 0.15) is 6.04 Å². The summed E-state index contributed by atoms with van der Waals surface area (Å²) < 4.78 is 0. The molecule has 0 radical (unpaired) electrons. The monoisotopic (exact) mass is 155 g/mol. The first-order valence-corrected chi connectivity index (χ1v) is 3.83. The van der Waals surface area contributed by atoms with Gasteiger partial charge in [-0.05, 0) is 19.4 Å². The first kappa shape index (κ1) is 8.27. The van der Waals surface area contributed by atoms with Crippen molar-refractivity contribution in [3.8, 4) is 0 Å². The van der Waals surface area contributed by atoms with Crippen molar-refractivity contribution in [2.45, 2.75) is 18.9 Å². The van der Waals surface area contributed by atoms with Crippen molar-refractivity contribution in [2.75, 3.05) is 13.1 Å². The number of rotatable bonds is 3. The van der Waals surface area contributed by atoms with E-state index in [0.29, 0.717) is 6.54 Å². The maximum absolute atomic E-state index is 10.6. The van der Waals surface area contributed by atoms with Gasteiger partial charge >= 0.3 is 5.97 Å². The Hall–Kier alpha value is -0.830. The predicted molar refractivity (Wildman–Crippen MR) is 42.4 cm³/mol. The molecule has 1 N–H and O–H groups in total. The zero-order valence-electron chi connectivity index (χ0n) is 6.49. The fourth-order valence-electron chi connectivity index (χ4n) is 1.49. The van der Waals surface area contributed by atoms with Crippen molar-refractivity contribution in [2.24, 2.45) is 0 Å². The van der Waals surface area contributed by atoms with Crippen LogP contribution in [0.4, 0.5) is 0 Å². The molecule has 1 saturated heterocycles. The van der Waals surface area contributed by atoms with Gasteiger partial charge in [0.15, 0.2) is 0 Å². The Labute approximate surface area is 66.3 Å². The standard InChI is InChI=1S/C8H13NO2/c1-2-5-9-6-3-4-7(9)8(10)11/h2,7H,1,3-6H2,(H,10,11)/t7-/m1/s1. The van der Waals surface area contributed by atoms with Crippen LogP contribution in [-0.4, -0.2) is 35.1 Å². The van der Waals surface area contributed by atoms with Crippen LogP contribution < -0.4 is 0 Å². The molecule has 0 bridgehead atoms. The van der Waals surface area contributed by atoms with Crippen LogP contribution >= 0.6 is 0 Å². The van der Waals surface area contributed by atoms with E-state index < -0.39 is 5.97 Å². The Morgan fingerprint density at radius 2 is 2.55 bits per heavy atom. The molecule has 0 aromatic carbocycles. The largest absolute Gasteiger partial charge is 0.480 e. The van der Waals surface area contributed by atoms with Crippen LogP contribution in [0.2, 0.25) is 0 Å². The normalized spacial score (nSPS) is 25.3. The minimum absolute atomic E-state index is 0.270. The molecule has 0 unspecified atom stereocenters. The van der Waals surface area contributed by atoms with Gasteiger partial charge in [0.25, 0.3) is 0 Å². The second-order valence-corrected chi connectivity index (χ2v) is 2.78. The lowest BCUT2D eigenvalue weighted by Crippen LogP contribution is -2.35. The number of carboxylic acid groups (broad SMARTS) is 1. The highest BCUT2D eigenvalue weighted by Gasteiger charge is 2.28. The summed E-state index contributed by atoms with van der Waals surface area (Å²) in [6.45, 7) is 5.17. The SMILES string of the molecule is C=CCN1CCC[C@@H]1C(=O)O. The van der Waals surface area contributed by atoms with Gasteiger partial charge in [-0.25, -0.2) is 0 Å². The molecule has 1 heterocycles. The van der Waals surface area contributed by atoms with Crippen LogP contribution in [0.5, 0.6) is 0 Å². The fraction of sp³-hybridized carbons (Fsp3) is 0.625. The van der Waals surface area contributed by atoms with Crippen LogP contribution in [-0.2, 0) is 4.79 Å². The Morgan fingerprint density at radius 3 is 3.09 bits per heavy atom. The molecule has 1 rings (SSSR count). The molecule has 3 heteroatoms. The summed E-state index contributed by atoms with van der Waals surface area (Å²) in [5.74, 6) is -0.704. The lowest BCUT2D eigenvalue weighted by Gasteiger charge is -2.18. The zero-order valence-corrected chi connectivity index (χ0v) is 6.49. The second kappa shape index (κ2) is 3.53. The topological polar surface area (TPSA) is 40.5 Å². The summed E-state index contributed by atoms with van der Waals surface area (Å²) >= 11 is 0. The molecule has 1 aliphatic heterocycles. The fourth-order valence-corrected chi connectivity index (χ4v) is 1.49. The molecule has 0 spiro atoms. The molecular weight excluding hydrogens is 142 g/mol. The van der Waals surface area contributed by atoms with E-state index in [1.165, 1.54) is 0 Å². The summed E-state index contributed by atoms with van der Waals surface area (Å²) in [5.41, 5.74) is 0. The summed E-state index contributed by atoms with van der Waals surface area (Å²) in [6, 6.07) is -0.270.